The van der Waals surface area contributed by atoms with Crippen LogP contribution in [-0.4, -0.2) is 20.1 Å². The van der Waals surface area contributed by atoms with E-state index in [1.165, 1.54) is 0 Å². The molecule has 0 fully saturated rings. The summed E-state index contributed by atoms with van der Waals surface area (Å²) < 4.78 is 0.672. The molecule has 1 aromatic heterocycles. The second-order valence-corrected chi connectivity index (χ2v) is 3.66. The van der Waals surface area contributed by atoms with Crippen LogP contribution >= 0.6 is 24.4 Å². The van der Waals surface area contributed by atoms with Crippen LogP contribution in [-0.2, 0) is 0 Å². The Kier molecular flexibility index (Phi) is 2.61. The average molecular weight is 237 g/mol. The predicted molar refractivity (Wildman–Crippen MR) is 61.7 cm³/mol. The summed E-state index contributed by atoms with van der Waals surface area (Å²) in [6.07, 6.45) is 0. The summed E-state index contributed by atoms with van der Waals surface area (Å²) in [7, 11) is 0. The molecule has 0 bridgehead atoms. The maximum atomic E-state index is 9.61. The van der Waals surface area contributed by atoms with Gasteiger partial charge in [-0.15, -0.1) is 0 Å². The lowest BCUT2D eigenvalue weighted by Gasteiger charge is -2.02. The van der Waals surface area contributed by atoms with E-state index < -0.39 is 0 Å². The van der Waals surface area contributed by atoms with E-state index in [-0.39, 0.29) is 10.5 Å². The van der Waals surface area contributed by atoms with E-state index in [1.54, 1.807) is 24.3 Å². The van der Waals surface area contributed by atoms with Gasteiger partial charge in [0.15, 0.2) is 4.77 Å². The first-order chi connectivity index (χ1) is 7.16. The van der Waals surface area contributed by atoms with Crippen molar-refractivity contribution in [2.45, 2.75) is 0 Å². The monoisotopic (exact) mass is 237 g/mol. The Morgan fingerprint density at radius 2 is 1.87 bits per heavy atom. The number of H-pyrrole nitrogens is 2. The first-order valence-corrected chi connectivity index (χ1v) is 4.97. The summed E-state index contributed by atoms with van der Waals surface area (Å²) >= 11 is 9.83. The van der Waals surface area contributed by atoms with Crippen LogP contribution in [0, 0.1) is 9.54 Å². The number of hydrogen-bond acceptors (Lipinski definition) is 4. The van der Waals surface area contributed by atoms with Gasteiger partial charge in [0.1, 0.15) is 11.6 Å². The molecule has 0 amide bonds. The van der Waals surface area contributed by atoms with E-state index in [9.17, 15) is 5.11 Å². The van der Waals surface area contributed by atoms with Crippen LogP contribution in [0.1, 0.15) is 0 Å². The molecule has 2 rings (SSSR count). The van der Waals surface area contributed by atoms with Crippen molar-refractivity contribution in [3.05, 3.63) is 33.8 Å². The highest BCUT2D eigenvalue weighted by Gasteiger charge is 2.04. The molecule has 0 saturated carbocycles. The number of rotatable bonds is 1. The summed E-state index contributed by atoms with van der Waals surface area (Å²) in [5.74, 6) is 0.595. The van der Waals surface area contributed by atoms with Crippen LogP contribution < -0.4 is 0 Å². The van der Waals surface area contributed by atoms with Crippen molar-refractivity contribution < 1.29 is 5.11 Å². The Morgan fingerprint density at radius 3 is 2.53 bits per heavy atom. The van der Waals surface area contributed by atoms with E-state index >= 15 is 0 Å². The number of para-hydroxylation sites is 1. The Bertz CT molecular complexity index is 574. The number of phenols is 1. The molecule has 0 aliphatic heterocycles. The van der Waals surface area contributed by atoms with Gasteiger partial charge in [-0.2, -0.15) is 0 Å². The van der Waals surface area contributed by atoms with Crippen molar-refractivity contribution in [1.29, 1.82) is 0 Å². The normalized spacial score (nSPS) is 10.1. The van der Waals surface area contributed by atoms with Gasteiger partial charge in [0.25, 0.3) is 0 Å². The van der Waals surface area contributed by atoms with E-state index in [2.05, 4.69) is 15.0 Å². The molecule has 0 spiro atoms. The highest BCUT2D eigenvalue weighted by atomic mass is 32.1. The molecule has 6 heteroatoms. The standard InChI is InChI=1S/C9H7N3OS2/c13-6-4-2-1-3-5(6)7-10-8(14)12-9(15)11-7/h1-4,13H,(H2,10,11,12,14,15). The SMILES string of the molecule is Oc1ccccc1-c1nc(=S)[nH]c(=S)[nH]1. The number of nitrogens with one attached hydrogen (secondary N) is 2. The molecule has 4 nitrogen and oxygen atoms in total. The van der Waals surface area contributed by atoms with Crippen molar-refractivity contribution in [1.82, 2.24) is 15.0 Å². The highest BCUT2D eigenvalue weighted by molar-refractivity contribution is 7.71. The molecule has 0 saturated heterocycles. The zero-order chi connectivity index (χ0) is 10.8. The van der Waals surface area contributed by atoms with Crippen LogP contribution in [0.25, 0.3) is 11.4 Å². The maximum Gasteiger partial charge on any atom is 0.201 e. The number of nitrogens with zero attached hydrogens (tertiary/aromatic N) is 1. The fourth-order valence-electron chi connectivity index (χ4n) is 1.19. The summed E-state index contributed by atoms with van der Waals surface area (Å²) in [5.41, 5.74) is 0.573. The maximum absolute atomic E-state index is 9.61. The zero-order valence-corrected chi connectivity index (χ0v) is 9.15. The van der Waals surface area contributed by atoms with Crippen molar-refractivity contribution in [2.24, 2.45) is 0 Å². The lowest BCUT2D eigenvalue weighted by Crippen LogP contribution is -1.93. The van der Waals surface area contributed by atoms with Gasteiger partial charge in [-0.25, -0.2) is 4.98 Å². The molecular weight excluding hydrogens is 230 g/mol. The molecule has 3 N–H and O–H groups in total. The largest absolute Gasteiger partial charge is 0.507 e. The van der Waals surface area contributed by atoms with Crippen molar-refractivity contribution in [2.75, 3.05) is 0 Å². The number of hydrogen-bond donors (Lipinski definition) is 3. The topological polar surface area (TPSA) is 64.7 Å². The second-order valence-electron chi connectivity index (χ2n) is 2.86. The Hall–Kier alpha value is -1.53. The predicted octanol–water partition coefficient (Wildman–Crippen LogP) is 2.57. The van der Waals surface area contributed by atoms with E-state index in [0.29, 0.717) is 16.2 Å². The highest BCUT2D eigenvalue weighted by Crippen LogP contribution is 2.24. The van der Waals surface area contributed by atoms with Crippen molar-refractivity contribution in [3.63, 3.8) is 0 Å². The van der Waals surface area contributed by atoms with Crippen LogP contribution in [0.4, 0.5) is 0 Å². The third-order valence-corrected chi connectivity index (χ3v) is 2.22. The van der Waals surface area contributed by atoms with Crippen molar-refractivity contribution in [3.8, 4) is 17.1 Å². The molecule has 0 radical (unpaired) electrons. The van der Waals surface area contributed by atoms with Gasteiger partial charge in [-0.1, -0.05) is 12.1 Å². The molecular formula is C9H7N3OS2. The smallest absolute Gasteiger partial charge is 0.201 e. The summed E-state index contributed by atoms with van der Waals surface area (Å²) in [6, 6.07) is 6.84. The Balaban J connectivity index is 2.70. The van der Waals surface area contributed by atoms with Crippen LogP contribution in [0.3, 0.4) is 0 Å². The molecule has 0 atom stereocenters. The molecule has 1 heterocycles. The third-order valence-electron chi connectivity index (χ3n) is 1.82. The summed E-state index contributed by atoms with van der Waals surface area (Å²) in [5, 5.41) is 9.61. The molecule has 2 aromatic rings. The lowest BCUT2D eigenvalue weighted by molar-refractivity contribution is 0.477. The lowest BCUT2D eigenvalue weighted by atomic mass is 10.2. The number of aromatic nitrogens is 3. The Labute approximate surface area is 95.7 Å². The average Bonchev–Trinajstić information content (AvgIpc) is 2.16. The first kappa shape index (κ1) is 10.0. The van der Waals surface area contributed by atoms with E-state index in [4.69, 9.17) is 24.4 Å². The van der Waals surface area contributed by atoms with Crippen LogP contribution in [0.15, 0.2) is 24.3 Å². The van der Waals surface area contributed by atoms with Gasteiger partial charge in [0.05, 0.1) is 5.56 Å². The van der Waals surface area contributed by atoms with Crippen LogP contribution in [0.2, 0.25) is 0 Å². The Morgan fingerprint density at radius 1 is 1.13 bits per heavy atom. The summed E-state index contributed by atoms with van der Waals surface area (Å²) in [4.78, 5) is 9.55. The molecule has 0 aliphatic carbocycles. The minimum atomic E-state index is 0.135. The van der Waals surface area contributed by atoms with E-state index in [0.717, 1.165) is 0 Å². The molecule has 15 heavy (non-hydrogen) atoms. The van der Waals surface area contributed by atoms with Gasteiger partial charge >= 0.3 is 0 Å². The fourth-order valence-corrected chi connectivity index (χ4v) is 1.65. The zero-order valence-electron chi connectivity index (χ0n) is 7.52. The number of benzene rings is 1. The first-order valence-electron chi connectivity index (χ1n) is 4.16. The van der Waals surface area contributed by atoms with Gasteiger partial charge in [-0.3, -0.25) is 0 Å². The van der Waals surface area contributed by atoms with Crippen molar-refractivity contribution >= 4 is 24.4 Å². The van der Waals surface area contributed by atoms with Crippen LogP contribution in [0.5, 0.6) is 5.75 Å². The number of aromatic hydroxyl groups is 1. The summed E-state index contributed by atoms with van der Waals surface area (Å²) in [6.45, 7) is 0. The molecule has 0 unspecified atom stereocenters. The van der Waals surface area contributed by atoms with Gasteiger partial charge in [0.2, 0.25) is 4.77 Å². The van der Waals surface area contributed by atoms with Gasteiger partial charge < -0.3 is 15.1 Å². The number of aromatic amines is 2. The molecule has 76 valence electrons. The van der Waals surface area contributed by atoms with Gasteiger partial charge in [-0.05, 0) is 36.6 Å². The molecule has 0 aliphatic rings. The number of phenolic OH excluding ortho intramolecular Hbond substituents is 1. The minimum absolute atomic E-state index is 0.135. The quantitative estimate of drug-likeness (QED) is 0.667. The van der Waals surface area contributed by atoms with E-state index in [1.807, 2.05) is 0 Å². The third kappa shape index (κ3) is 2.11. The second kappa shape index (κ2) is 3.92. The molecule has 1 aromatic carbocycles. The fraction of sp³-hybridized carbons (Fsp3) is 0. The minimum Gasteiger partial charge on any atom is -0.507 e. The van der Waals surface area contributed by atoms with Gasteiger partial charge in [0, 0.05) is 0 Å².